The van der Waals surface area contributed by atoms with Crippen LogP contribution in [0, 0.1) is 0 Å². The van der Waals surface area contributed by atoms with Crippen molar-refractivity contribution in [1.29, 1.82) is 0 Å². The highest BCUT2D eigenvalue weighted by atomic mass is 16.5. The van der Waals surface area contributed by atoms with Crippen LogP contribution in [0.1, 0.15) is 39.0 Å². The van der Waals surface area contributed by atoms with Gasteiger partial charge in [0, 0.05) is 13.0 Å². The molecule has 0 amide bonds. The van der Waals surface area contributed by atoms with Crippen molar-refractivity contribution in [3.8, 4) is 0 Å². The third-order valence-electron chi connectivity index (χ3n) is 2.61. The largest absolute Gasteiger partial charge is 0.466 e. The van der Waals surface area contributed by atoms with Gasteiger partial charge >= 0.3 is 5.97 Å². The number of carbonyl (C=O) groups excluding carboxylic acids is 2. The van der Waals surface area contributed by atoms with Crippen molar-refractivity contribution < 1.29 is 19.1 Å². The lowest BCUT2D eigenvalue weighted by atomic mass is 10.1. The summed E-state index contributed by atoms with van der Waals surface area (Å²) in [6.45, 7) is 2.94. The number of ether oxygens (including phenoxy) is 2. The average molecular weight is 240 g/mol. The molecule has 0 N–H and O–H groups in total. The fourth-order valence-corrected chi connectivity index (χ4v) is 1.72. The summed E-state index contributed by atoms with van der Waals surface area (Å²) in [5, 5.41) is 0. The molecule has 4 nitrogen and oxygen atoms in total. The van der Waals surface area contributed by atoms with E-state index in [0.29, 0.717) is 6.61 Å². The van der Waals surface area contributed by atoms with Gasteiger partial charge in [0.25, 0.3) is 0 Å². The van der Waals surface area contributed by atoms with Gasteiger partial charge in [-0.2, -0.15) is 0 Å². The highest BCUT2D eigenvalue weighted by molar-refractivity contribution is 5.91. The number of carbonyl (C=O) groups is 2. The van der Waals surface area contributed by atoms with Crippen LogP contribution < -0.4 is 0 Å². The van der Waals surface area contributed by atoms with Crippen LogP contribution in [-0.4, -0.2) is 31.1 Å². The molecule has 0 aromatic carbocycles. The Hall–Kier alpha value is -1.16. The molecule has 0 aliphatic carbocycles. The highest BCUT2D eigenvalue weighted by Crippen LogP contribution is 2.15. The summed E-state index contributed by atoms with van der Waals surface area (Å²) in [5.74, 6) is -0.343. The molecule has 96 valence electrons. The molecule has 1 saturated heterocycles. The monoisotopic (exact) mass is 240 g/mol. The van der Waals surface area contributed by atoms with Crippen LogP contribution >= 0.6 is 0 Å². The molecule has 1 unspecified atom stereocenters. The zero-order valence-corrected chi connectivity index (χ0v) is 10.3. The Bertz CT molecular complexity index is 277. The molecule has 1 fully saturated rings. The predicted molar refractivity (Wildman–Crippen MR) is 63.6 cm³/mol. The standard InChI is InChI=1S/C13H20O4/c1-2-16-13(15)9-8-11(14)5-3-6-12-7-4-10-17-12/h3,5,12H,2,4,6-10H2,1H3. The summed E-state index contributed by atoms with van der Waals surface area (Å²) < 4.78 is 10.2. The van der Waals surface area contributed by atoms with E-state index in [9.17, 15) is 9.59 Å². The molecule has 0 radical (unpaired) electrons. The van der Waals surface area contributed by atoms with Gasteiger partial charge in [0.1, 0.15) is 0 Å². The SMILES string of the molecule is CCOC(=O)CCC(=O)C=CCC1CCCO1. The van der Waals surface area contributed by atoms with Gasteiger partial charge in [-0.1, -0.05) is 6.08 Å². The van der Waals surface area contributed by atoms with Crippen molar-refractivity contribution in [2.45, 2.75) is 45.1 Å². The first kappa shape index (κ1) is 13.9. The second kappa shape index (κ2) is 8.01. The first-order chi connectivity index (χ1) is 8.22. The van der Waals surface area contributed by atoms with Crippen molar-refractivity contribution in [3.63, 3.8) is 0 Å². The normalized spacial score (nSPS) is 19.7. The Morgan fingerprint density at radius 1 is 1.41 bits per heavy atom. The van der Waals surface area contributed by atoms with Crippen LogP contribution in [0.5, 0.6) is 0 Å². The molecular weight excluding hydrogens is 220 g/mol. The second-order valence-electron chi connectivity index (χ2n) is 4.04. The maximum Gasteiger partial charge on any atom is 0.306 e. The molecular formula is C13H20O4. The minimum absolute atomic E-state index is 0.0314. The maximum absolute atomic E-state index is 11.4. The molecule has 0 aromatic heterocycles. The van der Waals surface area contributed by atoms with E-state index in [4.69, 9.17) is 9.47 Å². The molecule has 0 spiro atoms. The molecule has 1 atom stereocenters. The molecule has 1 rings (SSSR count). The van der Waals surface area contributed by atoms with E-state index in [1.807, 2.05) is 6.08 Å². The minimum atomic E-state index is -0.312. The molecule has 1 heterocycles. The van der Waals surface area contributed by atoms with Gasteiger partial charge in [-0.05, 0) is 32.3 Å². The zero-order chi connectivity index (χ0) is 12.5. The molecule has 1 aliphatic rings. The van der Waals surface area contributed by atoms with Crippen molar-refractivity contribution in [3.05, 3.63) is 12.2 Å². The minimum Gasteiger partial charge on any atom is -0.466 e. The Kier molecular flexibility index (Phi) is 6.55. The highest BCUT2D eigenvalue weighted by Gasteiger charge is 2.13. The lowest BCUT2D eigenvalue weighted by Crippen LogP contribution is -2.06. The third-order valence-corrected chi connectivity index (χ3v) is 2.61. The number of rotatable bonds is 7. The van der Waals surface area contributed by atoms with E-state index in [2.05, 4.69) is 0 Å². The predicted octanol–water partition coefficient (Wildman–Crippen LogP) is 2.02. The maximum atomic E-state index is 11.4. The van der Waals surface area contributed by atoms with Crippen LogP contribution in [0.2, 0.25) is 0 Å². The molecule has 1 aliphatic heterocycles. The molecule has 0 bridgehead atoms. The van der Waals surface area contributed by atoms with Crippen molar-refractivity contribution in [2.75, 3.05) is 13.2 Å². The van der Waals surface area contributed by atoms with Crippen LogP contribution in [0.3, 0.4) is 0 Å². The average Bonchev–Trinajstić information content (AvgIpc) is 2.80. The fraction of sp³-hybridized carbons (Fsp3) is 0.692. The van der Waals surface area contributed by atoms with E-state index < -0.39 is 0 Å². The molecule has 0 aromatic rings. The van der Waals surface area contributed by atoms with Gasteiger partial charge in [0.15, 0.2) is 5.78 Å². The lowest BCUT2D eigenvalue weighted by Gasteiger charge is -2.03. The van der Waals surface area contributed by atoms with Gasteiger partial charge in [-0.25, -0.2) is 0 Å². The first-order valence-electron chi connectivity index (χ1n) is 6.19. The smallest absolute Gasteiger partial charge is 0.306 e. The van der Waals surface area contributed by atoms with Crippen LogP contribution in [0.15, 0.2) is 12.2 Å². The Morgan fingerprint density at radius 3 is 2.88 bits per heavy atom. The van der Waals surface area contributed by atoms with Crippen LogP contribution in [0.25, 0.3) is 0 Å². The van der Waals surface area contributed by atoms with E-state index in [1.54, 1.807) is 13.0 Å². The molecule has 0 saturated carbocycles. The summed E-state index contributed by atoms with van der Waals surface area (Å²) in [7, 11) is 0. The van der Waals surface area contributed by atoms with Gasteiger partial charge in [0.05, 0.1) is 19.1 Å². The van der Waals surface area contributed by atoms with Gasteiger partial charge in [-0.15, -0.1) is 0 Å². The van der Waals surface area contributed by atoms with Crippen LogP contribution in [-0.2, 0) is 19.1 Å². The summed E-state index contributed by atoms with van der Waals surface area (Å²) in [6.07, 6.45) is 6.99. The second-order valence-corrected chi connectivity index (χ2v) is 4.04. The van der Waals surface area contributed by atoms with E-state index >= 15 is 0 Å². The summed E-state index contributed by atoms with van der Waals surface area (Å²) in [4.78, 5) is 22.4. The zero-order valence-electron chi connectivity index (χ0n) is 10.3. The third kappa shape index (κ3) is 6.22. The van der Waals surface area contributed by atoms with Gasteiger partial charge < -0.3 is 9.47 Å². The quantitative estimate of drug-likeness (QED) is 0.504. The van der Waals surface area contributed by atoms with Crippen molar-refractivity contribution >= 4 is 11.8 Å². The van der Waals surface area contributed by atoms with Crippen molar-refractivity contribution in [2.24, 2.45) is 0 Å². The fourth-order valence-electron chi connectivity index (χ4n) is 1.72. The summed E-state index contributed by atoms with van der Waals surface area (Å²) in [6, 6.07) is 0. The Labute approximate surface area is 102 Å². The van der Waals surface area contributed by atoms with Crippen molar-refractivity contribution in [1.82, 2.24) is 0 Å². The van der Waals surface area contributed by atoms with Crippen LogP contribution in [0.4, 0.5) is 0 Å². The number of ketones is 1. The number of hydrogen-bond donors (Lipinski definition) is 0. The number of hydrogen-bond acceptors (Lipinski definition) is 4. The van der Waals surface area contributed by atoms with Gasteiger partial charge in [0.2, 0.25) is 0 Å². The van der Waals surface area contributed by atoms with E-state index in [-0.39, 0.29) is 30.7 Å². The van der Waals surface area contributed by atoms with E-state index in [0.717, 1.165) is 25.9 Å². The first-order valence-corrected chi connectivity index (χ1v) is 6.19. The molecule has 4 heteroatoms. The summed E-state index contributed by atoms with van der Waals surface area (Å²) >= 11 is 0. The lowest BCUT2D eigenvalue weighted by molar-refractivity contribution is -0.144. The number of esters is 1. The van der Waals surface area contributed by atoms with Gasteiger partial charge in [-0.3, -0.25) is 9.59 Å². The summed E-state index contributed by atoms with van der Waals surface area (Å²) in [5.41, 5.74) is 0. The topological polar surface area (TPSA) is 52.6 Å². The Balaban J connectivity index is 2.11. The molecule has 17 heavy (non-hydrogen) atoms. The number of allylic oxidation sites excluding steroid dienone is 1. The van der Waals surface area contributed by atoms with E-state index in [1.165, 1.54) is 0 Å². The Morgan fingerprint density at radius 2 is 2.24 bits per heavy atom.